The molecule has 2 saturated heterocycles. The predicted molar refractivity (Wildman–Crippen MR) is 259 cm³/mol. The Morgan fingerprint density at radius 3 is 1.90 bits per heavy atom. The molecule has 20 atom stereocenters. The van der Waals surface area contributed by atoms with Gasteiger partial charge in [0.2, 0.25) is 5.91 Å². The number of allylic oxidation sites excluding steroid dienone is 12. The van der Waals surface area contributed by atoms with E-state index in [-0.39, 0.29) is 31.6 Å². The number of aliphatic hydroxyl groups excluding tert-OH is 10. The van der Waals surface area contributed by atoms with Gasteiger partial charge in [-0.15, -0.1) is 0 Å². The zero-order valence-corrected chi connectivity index (χ0v) is 41.1. The summed E-state index contributed by atoms with van der Waals surface area (Å²) in [6.45, 7) is 8.11. The van der Waals surface area contributed by atoms with Gasteiger partial charge in [0.05, 0.1) is 98.2 Å². The highest BCUT2D eigenvalue weighted by molar-refractivity contribution is 5.80. The average Bonchev–Trinajstić information content (AvgIpc) is 3.29. The van der Waals surface area contributed by atoms with Crippen molar-refractivity contribution >= 4 is 11.9 Å². The molecule has 3 rings (SSSR count). The molecule has 1 amide bonds. The van der Waals surface area contributed by atoms with E-state index in [1.165, 1.54) is 0 Å². The number of aliphatic hydroxyl groups is 11. The number of rotatable bonds is 6. The molecule has 70 heavy (non-hydrogen) atoms. The first-order chi connectivity index (χ1) is 33.1. The fraction of sp³-hybridized carbons (Fsp3) is 0.686. The molecule has 0 aromatic heterocycles. The van der Waals surface area contributed by atoms with Gasteiger partial charge in [0, 0.05) is 37.5 Å². The molecule has 0 aliphatic carbocycles. The molecule has 398 valence electrons. The standard InChI is InChI=1S/C51H82N2O17/c1-6-34(29-54)53-49(65)44-41(60)28-51(66)27-37(57)24-40(59)39(58)22-21-35(55)23-36(56)25-43(61)67-32(4)31(3)46(62)30(2)19-17-15-13-11-9-7-8-10-12-14-16-18-20-38(26-42(44)70-51)69-50-48(64)45(52)47(63)33(5)68-50/h7-20,30-42,44-48,50,54-60,62-64,66H,6,21-29,52H2,1-5H3,(H,53,65)/b8-7+,11-9+,12-10+,15-13+,16-14+,19-17+,20-18+/t30-,31-,32-,33+,34+,35+,36+,37-,38-,39+,40+,41-,42-,44+,45-,46+,47+,48-,50-,51+/m0/s1. The van der Waals surface area contributed by atoms with Crippen LogP contribution in [0.5, 0.6) is 0 Å². The van der Waals surface area contributed by atoms with Crippen LogP contribution in [0.4, 0.5) is 0 Å². The van der Waals surface area contributed by atoms with Crippen LogP contribution in [0.25, 0.3) is 0 Å². The van der Waals surface area contributed by atoms with Crippen LogP contribution in [0.3, 0.4) is 0 Å². The van der Waals surface area contributed by atoms with E-state index < -0.39 is 160 Å². The number of nitrogens with two attached hydrogens (primary N) is 1. The molecule has 2 fully saturated rings. The molecule has 0 aromatic carbocycles. The van der Waals surface area contributed by atoms with E-state index in [0.29, 0.717) is 6.42 Å². The third kappa shape index (κ3) is 20.2. The zero-order chi connectivity index (χ0) is 52.1. The second kappa shape index (κ2) is 30.5. The monoisotopic (exact) mass is 995 g/mol. The van der Waals surface area contributed by atoms with Crippen LogP contribution >= 0.6 is 0 Å². The van der Waals surface area contributed by atoms with Gasteiger partial charge < -0.3 is 86.2 Å². The van der Waals surface area contributed by atoms with Gasteiger partial charge in [0.1, 0.15) is 12.2 Å². The fourth-order valence-corrected chi connectivity index (χ4v) is 8.56. The number of amides is 1. The molecule has 19 heteroatoms. The summed E-state index contributed by atoms with van der Waals surface area (Å²) in [5.41, 5.74) is 6.09. The molecule has 3 aliphatic rings. The third-order valence-electron chi connectivity index (χ3n) is 13.1. The number of fused-ring (bicyclic) bond motifs is 2. The third-order valence-corrected chi connectivity index (χ3v) is 13.1. The average molecular weight is 995 g/mol. The number of carbonyl (C=O) groups is 2. The van der Waals surface area contributed by atoms with Gasteiger partial charge in [0.25, 0.3) is 0 Å². The summed E-state index contributed by atoms with van der Waals surface area (Å²) in [6, 6.07) is -1.82. The van der Waals surface area contributed by atoms with Crippen LogP contribution in [-0.2, 0) is 28.5 Å². The first kappa shape index (κ1) is 60.8. The number of esters is 1. The van der Waals surface area contributed by atoms with E-state index in [1.54, 1.807) is 82.4 Å². The number of hydrogen-bond donors (Lipinski definition) is 13. The minimum atomic E-state index is -2.31. The highest BCUT2D eigenvalue weighted by atomic mass is 16.7. The lowest BCUT2D eigenvalue weighted by Gasteiger charge is -2.46. The number of nitrogens with one attached hydrogen (secondary N) is 1. The van der Waals surface area contributed by atoms with Crippen molar-refractivity contribution in [1.82, 2.24) is 5.32 Å². The topological polar surface area (TPSA) is 332 Å². The van der Waals surface area contributed by atoms with Gasteiger partial charge in [-0.25, -0.2) is 0 Å². The first-order valence-electron chi connectivity index (χ1n) is 24.5. The van der Waals surface area contributed by atoms with Crippen molar-refractivity contribution in [2.75, 3.05) is 6.61 Å². The number of hydrogen-bond acceptors (Lipinski definition) is 18. The van der Waals surface area contributed by atoms with E-state index in [0.717, 1.165) is 0 Å². The van der Waals surface area contributed by atoms with Crippen LogP contribution < -0.4 is 11.1 Å². The van der Waals surface area contributed by atoms with Crippen LogP contribution in [-0.4, -0.2) is 178 Å². The Kier molecular flexibility index (Phi) is 26.5. The maximum absolute atomic E-state index is 13.8. The smallest absolute Gasteiger partial charge is 0.308 e. The van der Waals surface area contributed by atoms with Crippen LogP contribution in [0.15, 0.2) is 85.1 Å². The van der Waals surface area contributed by atoms with E-state index in [4.69, 9.17) is 24.7 Å². The van der Waals surface area contributed by atoms with Gasteiger partial charge in [0.15, 0.2) is 12.1 Å². The number of cyclic esters (lactones) is 1. The largest absolute Gasteiger partial charge is 0.462 e. The van der Waals surface area contributed by atoms with E-state index in [2.05, 4.69) is 5.32 Å². The summed E-state index contributed by atoms with van der Waals surface area (Å²) < 4.78 is 23.7. The second-order valence-corrected chi connectivity index (χ2v) is 19.0. The Morgan fingerprint density at radius 2 is 1.31 bits per heavy atom. The summed E-state index contributed by atoms with van der Waals surface area (Å²) in [6.07, 6.45) is 4.47. The van der Waals surface area contributed by atoms with E-state index >= 15 is 0 Å². The summed E-state index contributed by atoms with van der Waals surface area (Å²) >= 11 is 0. The molecule has 0 radical (unpaired) electrons. The molecule has 3 aliphatic heterocycles. The molecule has 19 nitrogen and oxygen atoms in total. The fourth-order valence-electron chi connectivity index (χ4n) is 8.56. The van der Waals surface area contributed by atoms with Crippen molar-refractivity contribution in [3.8, 4) is 0 Å². The van der Waals surface area contributed by atoms with Crippen molar-refractivity contribution in [2.24, 2.45) is 23.5 Å². The number of ether oxygens (including phenoxy) is 4. The van der Waals surface area contributed by atoms with Gasteiger partial charge in [-0.3, -0.25) is 9.59 Å². The van der Waals surface area contributed by atoms with Crippen molar-refractivity contribution in [2.45, 2.75) is 196 Å². The Bertz CT molecular complexity index is 1770. The summed E-state index contributed by atoms with van der Waals surface area (Å²) in [4.78, 5) is 26.5. The van der Waals surface area contributed by atoms with E-state index in [1.807, 2.05) is 37.3 Å². The van der Waals surface area contributed by atoms with Gasteiger partial charge in [-0.05, 0) is 39.5 Å². The maximum atomic E-state index is 13.8. The van der Waals surface area contributed by atoms with Gasteiger partial charge in [-0.1, -0.05) is 106 Å². The van der Waals surface area contributed by atoms with Crippen LogP contribution in [0.2, 0.25) is 0 Å². The summed E-state index contributed by atoms with van der Waals surface area (Å²) in [5, 5.41) is 122. The van der Waals surface area contributed by atoms with Gasteiger partial charge in [-0.2, -0.15) is 0 Å². The molecule has 0 saturated carbocycles. The molecule has 0 aromatic rings. The molecule has 14 N–H and O–H groups in total. The molecule has 3 heterocycles. The lowest BCUT2D eigenvalue weighted by Crippen LogP contribution is -2.62. The van der Waals surface area contributed by atoms with Gasteiger partial charge >= 0.3 is 5.97 Å². The molecule has 2 bridgehead atoms. The SMILES string of the molecule is CC[C@H](CO)NC(=O)[C@H]1[C@@H]2C[C@@H](O[C@@H]3O[C@H](C)[C@@H](O)[C@H](N)[C@@H]3O)/C=C/C=C/C=C/C=C/C=C/C=C/C=C/[C@H](C)[C@@H](O)[C@@H](C)[C@H](C)OC(=O)C[C@H](O)C[C@H](O)CC[C@@H](O)[C@H](O)C[C@H](O)C[C@](O)(C[C@@H]1O)O2. The Labute approximate surface area is 412 Å². The minimum absolute atomic E-state index is 0.105. The summed E-state index contributed by atoms with van der Waals surface area (Å²) in [7, 11) is 0. The highest BCUT2D eigenvalue weighted by Crippen LogP contribution is 2.38. The summed E-state index contributed by atoms with van der Waals surface area (Å²) in [5.74, 6) is -5.84. The zero-order valence-electron chi connectivity index (χ0n) is 41.1. The number of carbonyl (C=O) groups excluding carboxylic acids is 2. The maximum Gasteiger partial charge on any atom is 0.308 e. The van der Waals surface area contributed by atoms with Crippen molar-refractivity contribution in [3.63, 3.8) is 0 Å². The second-order valence-electron chi connectivity index (χ2n) is 19.0. The van der Waals surface area contributed by atoms with Crippen molar-refractivity contribution in [3.05, 3.63) is 85.1 Å². The Hall–Kier alpha value is -3.48. The minimum Gasteiger partial charge on any atom is -0.462 e. The van der Waals surface area contributed by atoms with Crippen LogP contribution in [0.1, 0.15) is 92.4 Å². The molecular formula is C51H82N2O17. The first-order valence-corrected chi connectivity index (χ1v) is 24.5. The normalized spacial score (nSPS) is 43.5. The van der Waals surface area contributed by atoms with Crippen molar-refractivity contribution < 1.29 is 84.7 Å². The molecule has 0 unspecified atom stereocenters. The lowest BCUT2D eigenvalue weighted by atomic mass is 9.82. The Balaban J connectivity index is 1.94. The predicted octanol–water partition coefficient (Wildman–Crippen LogP) is 0.514. The quantitative estimate of drug-likeness (QED) is 0.161. The molecule has 0 spiro atoms. The van der Waals surface area contributed by atoms with E-state index in [9.17, 15) is 65.8 Å². The Morgan fingerprint density at radius 1 is 0.729 bits per heavy atom. The van der Waals surface area contributed by atoms with Crippen molar-refractivity contribution in [1.29, 1.82) is 0 Å². The van der Waals surface area contributed by atoms with Crippen LogP contribution in [0, 0.1) is 17.8 Å². The highest BCUT2D eigenvalue weighted by Gasteiger charge is 2.51. The lowest BCUT2D eigenvalue weighted by molar-refractivity contribution is -0.307. The molecular weight excluding hydrogens is 913 g/mol.